The second-order valence-corrected chi connectivity index (χ2v) is 9.32. The van der Waals surface area contributed by atoms with Crippen LogP contribution in [0.15, 0.2) is 36.5 Å². The standard InChI is InChI=1S/C21H23FN6O2S.ClH/c1-14-24-25-19(31-14)27-13-21(30-20(27)29)9-6-15(7-10-21)12-23-18-8-11-28(26-18)17-5-3-2-4-16(17)22;/h2-5,8,11,15H,6-7,9-10,12-13H2,1H3,(H,23,26);1H. The van der Waals surface area contributed by atoms with Crippen LogP contribution < -0.4 is 10.2 Å². The summed E-state index contributed by atoms with van der Waals surface area (Å²) in [5.41, 5.74) is -0.00655. The number of aromatic nitrogens is 4. The van der Waals surface area contributed by atoms with Gasteiger partial charge in [0.15, 0.2) is 0 Å². The van der Waals surface area contributed by atoms with Crippen LogP contribution in [-0.4, -0.2) is 44.8 Å². The van der Waals surface area contributed by atoms with Crippen molar-refractivity contribution in [2.45, 2.75) is 38.2 Å². The topological polar surface area (TPSA) is 85.2 Å². The number of carbonyl (C=O) groups is 1. The Bertz CT molecular complexity index is 1100. The van der Waals surface area contributed by atoms with Gasteiger partial charge in [0.2, 0.25) is 5.13 Å². The Morgan fingerprint density at radius 1 is 1.25 bits per heavy atom. The van der Waals surface area contributed by atoms with Gasteiger partial charge in [-0.25, -0.2) is 18.8 Å². The number of para-hydroxylation sites is 1. The van der Waals surface area contributed by atoms with Gasteiger partial charge in [-0.1, -0.05) is 23.5 Å². The zero-order valence-electron chi connectivity index (χ0n) is 17.5. The van der Waals surface area contributed by atoms with Crippen LogP contribution in [0.1, 0.15) is 30.7 Å². The minimum atomic E-state index is -0.431. The van der Waals surface area contributed by atoms with Gasteiger partial charge in [-0.05, 0) is 50.7 Å². The Kier molecular flexibility index (Phi) is 6.34. The highest BCUT2D eigenvalue weighted by molar-refractivity contribution is 7.15. The van der Waals surface area contributed by atoms with Gasteiger partial charge in [-0.2, -0.15) is 5.10 Å². The monoisotopic (exact) mass is 478 g/mol. The highest BCUT2D eigenvalue weighted by atomic mass is 35.5. The van der Waals surface area contributed by atoms with Crippen molar-refractivity contribution in [3.8, 4) is 5.69 Å². The Morgan fingerprint density at radius 2 is 2.03 bits per heavy atom. The number of halogens is 2. The lowest BCUT2D eigenvalue weighted by Gasteiger charge is -2.35. The van der Waals surface area contributed by atoms with Crippen LogP contribution in [0.2, 0.25) is 0 Å². The number of amides is 1. The van der Waals surface area contributed by atoms with Crippen molar-refractivity contribution in [3.63, 3.8) is 0 Å². The molecule has 5 rings (SSSR count). The molecule has 3 heterocycles. The molecule has 1 aliphatic carbocycles. The fourth-order valence-corrected chi connectivity index (χ4v) is 4.95. The Morgan fingerprint density at radius 3 is 2.75 bits per heavy atom. The fourth-order valence-electron chi connectivity index (χ4n) is 4.27. The number of nitrogens with one attached hydrogen (secondary N) is 1. The van der Waals surface area contributed by atoms with Crippen molar-refractivity contribution >= 4 is 40.8 Å². The minimum Gasteiger partial charge on any atom is -0.441 e. The van der Waals surface area contributed by atoms with E-state index < -0.39 is 5.60 Å². The van der Waals surface area contributed by atoms with Crippen LogP contribution in [0.25, 0.3) is 5.69 Å². The highest BCUT2D eigenvalue weighted by Crippen LogP contribution is 2.41. The second-order valence-electron chi connectivity index (χ2n) is 8.16. The first-order chi connectivity index (χ1) is 15.0. The molecule has 0 atom stereocenters. The van der Waals surface area contributed by atoms with Gasteiger partial charge in [0.1, 0.15) is 27.9 Å². The molecule has 3 aromatic rings. The van der Waals surface area contributed by atoms with Gasteiger partial charge in [0.25, 0.3) is 0 Å². The molecular formula is C21H24ClFN6O2S. The van der Waals surface area contributed by atoms with Crippen LogP contribution in [0.3, 0.4) is 0 Å². The van der Waals surface area contributed by atoms with E-state index in [1.165, 1.54) is 22.1 Å². The number of ether oxygens (including phenoxy) is 1. The van der Waals surface area contributed by atoms with Gasteiger partial charge in [-0.3, -0.25) is 0 Å². The molecule has 1 N–H and O–H groups in total. The summed E-state index contributed by atoms with van der Waals surface area (Å²) < 4.78 is 21.3. The van der Waals surface area contributed by atoms with Crippen LogP contribution in [0, 0.1) is 18.7 Å². The molecule has 2 aromatic heterocycles. The van der Waals surface area contributed by atoms with Crippen molar-refractivity contribution in [1.82, 2.24) is 20.0 Å². The lowest BCUT2D eigenvalue weighted by atomic mass is 9.78. The number of carbonyl (C=O) groups excluding carboxylic acids is 1. The fraction of sp³-hybridized carbons (Fsp3) is 0.429. The van der Waals surface area contributed by atoms with Gasteiger partial charge in [-0.15, -0.1) is 22.6 Å². The number of hydrogen-bond acceptors (Lipinski definition) is 7. The summed E-state index contributed by atoms with van der Waals surface area (Å²) in [6, 6.07) is 8.41. The Hall–Kier alpha value is -2.72. The molecule has 8 nitrogen and oxygen atoms in total. The maximum absolute atomic E-state index is 13.9. The maximum atomic E-state index is 13.9. The van der Waals surface area contributed by atoms with E-state index in [1.54, 1.807) is 29.3 Å². The van der Waals surface area contributed by atoms with Gasteiger partial charge in [0.05, 0.1) is 6.54 Å². The lowest BCUT2D eigenvalue weighted by molar-refractivity contribution is 0.0148. The summed E-state index contributed by atoms with van der Waals surface area (Å²) >= 11 is 1.40. The van der Waals surface area contributed by atoms with Crippen molar-refractivity contribution in [3.05, 3.63) is 47.4 Å². The smallest absolute Gasteiger partial charge is 0.416 e. The van der Waals surface area contributed by atoms with E-state index in [-0.39, 0.29) is 24.3 Å². The average Bonchev–Trinajstić information content (AvgIpc) is 3.48. The molecule has 1 aromatic carbocycles. The van der Waals surface area contributed by atoms with E-state index in [0.29, 0.717) is 29.1 Å². The first-order valence-corrected chi connectivity index (χ1v) is 11.2. The number of rotatable bonds is 5. The summed E-state index contributed by atoms with van der Waals surface area (Å²) in [5.74, 6) is 0.869. The first-order valence-electron chi connectivity index (χ1n) is 10.4. The third-order valence-corrected chi connectivity index (χ3v) is 6.86. The van der Waals surface area contributed by atoms with E-state index in [1.807, 2.05) is 13.0 Å². The van der Waals surface area contributed by atoms with Crippen LogP contribution >= 0.6 is 23.7 Å². The van der Waals surface area contributed by atoms with Gasteiger partial charge >= 0.3 is 6.09 Å². The highest BCUT2D eigenvalue weighted by Gasteiger charge is 2.48. The number of aryl methyl sites for hydroxylation is 1. The summed E-state index contributed by atoms with van der Waals surface area (Å²) in [5, 5.41) is 17.3. The molecule has 170 valence electrons. The summed E-state index contributed by atoms with van der Waals surface area (Å²) in [6.07, 6.45) is 4.98. The molecule has 2 fully saturated rings. The predicted octanol–water partition coefficient (Wildman–Crippen LogP) is 4.59. The lowest BCUT2D eigenvalue weighted by Crippen LogP contribution is -2.39. The molecule has 1 spiro atoms. The van der Waals surface area contributed by atoms with Crippen molar-refractivity contribution in [2.75, 3.05) is 23.3 Å². The quantitative estimate of drug-likeness (QED) is 0.577. The average molecular weight is 479 g/mol. The zero-order chi connectivity index (χ0) is 21.4. The van der Waals surface area contributed by atoms with Crippen LogP contribution in [0.4, 0.5) is 20.1 Å². The molecule has 32 heavy (non-hydrogen) atoms. The van der Waals surface area contributed by atoms with Crippen molar-refractivity contribution < 1.29 is 13.9 Å². The predicted molar refractivity (Wildman–Crippen MR) is 122 cm³/mol. The second kappa shape index (κ2) is 9.03. The molecule has 11 heteroatoms. The molecule has 0 bridgehead atoms. The van der Waals surface area contributed by atoms with Gasteiger partial charge < -0.3 is 10.1 Å². The van der Waals surface area contributed by atoms with E-state index in [4.69, 9.17) is 4.74 Å². The third kappa shape index (κ3) is 4.42. The van der Waals surface area contributed by atoms with Crippen molar-refractivity contribution in [2.24, 2.45) is 5.92 Å². The third-order valence-electron chi connectivity index (χ3n) is 5.99. The maximum Gasteiger partial charge on any atom is 0.416 e. The largest absolute Gasteiger partial charge is 0.441 e. The van der Waals surface area contributed by atoms with Crippen LogP contribution in [-0.2, 0) is 4.74 Å². The summed E-state index contributed by atoms with van der Waals surface area (Å²) in [4.78, 5) is 14.0. The number of nitrogens with zero attached hydrogens (tertiary/aromatic N) is 5. The van der Waals surface area contributed by atoms with E-state index in [9.17, 15) is 9.18 Å². The SMILES string of the molecule is Cc1nnc(N2CC3(CCC(CNc4ccn(-c5ccccc5F)n4)CC3)OC2=O)s1.Cl. The van der Waals surface area contributed by atoms with Gasteiger partial charge in [0, 0.05) is 18.8 Å². The molecule has 1 aliphatic heterocycles. The van der Waals surface area contributed by atoms with E-state index in [2.05, 4.69) is 20.6 Å². The number of benzene rings is 1. The molecule has 2 aliphatic rings. The Balaban J connectivity index is 0.00000245. The number of anilines is 2. The molecule has 0 unspecified atom stereocenters. The molecular weight excluding hydrogens is 455 g/mol. The molecule has 1 saturated carbocycles. The minimum absolute atomic E-state index is 0. The van der Waals surface area contributed by atoms with E-state index >= 15 is 0 Å². The van der Waals surface area contributed by atoms with Crippen LogP contribution in [0.5, 0.6) is 0 Å². The molecule has 1 amide bonds. The summed E-state index contributed by atoms with van der Waals surface area (Å²) in [7, 11) is 0. The first kappa shape index (κ1) is 22.5. The van der Waals surface area contributed by atoms with E-state index in [0.717, 1.165) is 37.2 Å². The molecule has 1 saturated heterocycles. The zero-order valence-corrected chi connectivity index (χ0v) is 19.2. The summed E-state index contributed by atoms with van der Waals surface area (Å²) in [6.45, 7) is 3.18. The normalized spacial score (nSPS) is 22.6. The van der Waals surface area contributed by atoms with Crippen molar-refractivity contribution in [1.29, 1.82) is 0 Å². The molecule has 0 radical (unpaired) electrons. The Labute approximate surface area is 195 Å². The number of hydrogen-bond donors (Lipinski definition) is 1.